The summed E-state index contributed by atoms with van der Waals surface area (Å²) in [6.45, 7) is 0. The van der Waals surface area contributed by atoms with Gasteiger partial charge in [0.25, 0.3) is 0 Å². The first-order valence-electron chi connectivity index (χ1n) is 7.03. The molecular weight excluding hydrogens is 258 g/mol. The van der Waals surface area contributed by atoms with Crippen molar-refractivity contribution in [2.24, 2.45) is 0 Å². The maximum absolute atomic E-state index is 5.54. The smallest absolute Gasteiger partial charge is 0.128 e. The average molecular weight is 277 g/mol. The van der Waals surface area contributed by atoms with Crippen LogP contribution in [0.3, 0.4) is 0 Å². The lowest BCUT2D eigenvalue weighted by molar-refractivity contribution is 0.414. The van der Waals surface area contributed by atoms with Crippen LogP contribution in [0.5, 0.6) is 5.75 Å². The minimum atomic E-state index is 0.895. The molecule has 0 aliphatic heterocycles. The molecule has 2 aromatic carbocycles. The van der Waals surface area contributed by atoms with E-state index in [0.29, 0.717) is 0 Å². The van der Waals surface area contributed by atoms with Crippen molar-refractivity contribution in [1.29, 1.82) is 0 Å². The Morgan fingerprint density at radius 1 is 1.00 bits per heavy atom. The molecule has 0 bridgehead atoms. The maximum Gasteiger partial charge on any atom is 0.128 e. The third-order valence-electron chi connectivity index (χ3n) is 3.76. The van der Waals surface area contributed by atoms with Gasteiger partial charge < -0.3 is 9.64 Å². The molecule has 3 rings (SSSR count). The molecule has 0 fully saturated rings. The van der Waals surface area contributed by atoms with Crippen molar-refractivity contribution in [3.63, 3.8) is 0 Å². The van der Waals surface area contributed by atoms with Crippen molar-refractivity contribution in [2.75, 3.05) is 26.1 Å². The van der Waals surface area contributed by atoms with Gasteiger partial charge in [0.05, 0.1) is 7.11 Å². The molecule has 2 heteroatoms. The molecule has 2 aromatic rings. The molecule has 106 valence electrons. The first-order valence-corrected chi connectivity index (χ1v) is 7.03. The van der Waals surface area contributed by atoms with Crippen LogP contribution in [0.2, 0.25) is 0 Å². The minimum absolute atomic E-state index is 0.895. The van der Waals surface area contributed by atoms with Gasteiger partial charge in [-0.2, -0.15) is 0 Å². The van der Waals surface area contributed by atoms with Gasteiger partial charge in [-0.05, 0) is 34.9 Å². The number of methoxy groups -OCH3 is 1. The van der Waals surface area contributed by atoms with Gasteiger partial charge in [0, 0.05) is 31.4 Å². The molecule has 21 heavy (non-hydrogen) atoms. The number of rotatable bonds is 3. The lowest BCUT2D eigenvalue weighted by atomic mass is 10.0. The second-order valence-electron chi connectivity index (χ2n) is 5.34. The number of hydrogen-bond acceptors (Lipinski definition) is 2. The number of nitrogens with zero attached hydrogens (tertiary/aromatic N) is 1. The highest BCUT2D eigenvalue weighted by molar-refractivity contribution is 5.98. The Balaban J connectivity index is 2.03. The highest BCUT2D eigenvalue weighted by atomic mass is 16.5. The summed E-state index contributed by atoms with van der Waals surface area (Å²) in [5, 5.41) is 0. The van der Waals surface area contributed by atoms with Crippen LogP contribution in [0.15, 0.2) is 48.5 Å². The van der Waals surface area contributed by atoms with E-state index in [9.17, 15) is 0 Å². The van der Waals surface area contributed by atoms with Crippen LogP contribution in [-0.4, -0.2) is 21.2 Å². The van der Waals surface area contributed by atoms with Crippen LogP contribution in [0.4, 0.5) is 5.69 Å². The molecule has 0 saturated carbocycles. The quantitative estimate of drug-likeness (QED) is 0.828. The number of hydrogen-bond donors (Lipinski definition) is 0. The molecule has 2 nitrogen and oxygen atoms in total. The first kappa shape index (κ1) is 13.5. The third kappa shape index (κ3) is 2.57. The highest BCUT2D eigenvalue weighted by Crippen LogP contribution is 2.33. The predicted molar refractivity (Wildman–Crippen MR) is 90.7 cm³/mol. The lowest BCUT2D eigenvalue weighted by Gasteiger charge is -2.15. The molecule has 0 amide bonds. The summed E-state index contributed by atoms with van der Waals surface area (Å²) in [7, 11) is 5.78. The van der Waals surface area contributed by atoms with Crippen molar-refractivity contribution < 1.29 is 4.74 Å². The first-order chi connectivity index (χ1) is 10.2. The Bertz CT molecular complexity index is 726. The third-order valence-corrected chi connectivity index (χ3v) is 3.76. The van der Waals surface area contributed by atoms with E-state index in [1.165, 1.54) is 16.7 Å². The van der Waals surface area contributed by atoms with Crippen molar-refractivity contribution in [1.82, 2.24) is 0 Å². The monoisotopic (exact) mass is 277 g/mol. The van der Waals surface area contributed by atoms with Crippen LogP contribution in [0, 0.1) is 0 Å². The number of ether oxygens (including phenoxy) is 1. The van der Waals surface area contributed by atoms with Crippen molar-refractivity contribution in [2.45, 2.75) is 0 Å². The van der Waals surface area contributed by atoms with Crippen LogP contribution in [0.25, 0.3) is 17.7 Å². The molecular formula is C19H19NO. The molecule has 0 heterocycles. The number of fused-ring (bicyclic) bond motifs is 1. The molecule has 0 atom stereocenters. The molecule has 0 radical (unpaired) electrons. The SMILES string of the molecule is COc1cc(N(C)C)ccc1/C=C1\C=Cc2ccccc21. The molecule has 0 N–H and O–H groups in total. The zero-order chi connectivity index (χ0) is 14.8. The summed E-state index contributed by atoms with van der Waals surface area (Å²) >= 11 is 0. The fourth-order valence-electron chi connectivity index (χ4n) is 2.57. The molecule has 0 saturated heterocycles. The standard InChI is InChI=1S/C19H19NO/c1-20(2)17-11-10-16(19(13-17)21-3)12-15-9-8-14-6-4-5-7-18(14)15/h4-13H,1-3H3/b15-12+. The van der Waals surface area contributed by atoms with Crippen LogP contribution < -0.4 is 9.64 Å². The summed E-state index contributed by atoms with van der Waals surface area (Å²) in [4.78, 5) is 2.07. The van der Waals surface area contributed by atoms with E-state index >= 15 is 0 Å². The van der Waals surface area contributed by atoms with Gasteiger partial charge in [0.1, 0.15) is 5.75 Å². The second kappa shape index (κ2) is 5.49. The van der Waals surface area contributed by atoms with Crippen molar-refractivity contribution >= 4 is 23.4 Å². The summed E-state index contributed by atoms with van der Waals surface area (Å²) in [6.07, 6.45) is 6.49. The van der Waals surface area contributed by atoms with Gasteiger partial charge in [-0.3, -0.25) is 0 Å². The Kier molecular flexibility index (Phi) is 3.53. The van der Waals surface area contributed by atoms with Crippen LogP contribution in [-0.2, 0) is 0 Å². The summed E-state index contributed by atoms with van der Waals surface area (Å²) in [5.41, 5.74) is 6.00. The fourth-order valence-corrected chi connectivity index (χ4v) is 2.57. The zero-order valence-corrected chi connectivity index (χ0v) is 12.6. The largest absolute Gasteiger partial charge is 0.496 e. The maximum atomic E-state index is 5.54. The molecule has 0 unspecified atom stereocenters. The van der Waals surface area contributed by atoms with Gasteiger partial charge >= 0.3 is 0 Å². The average Bonchev–Trinajstić information content (AvgIpc) is 2.91. The number of benzene rings is 2. The summed E-state index contributed by atoms with van der Waals surface area (Å²) < 4.78 is 5.54. The van der Waals surface area contributed by atoms with E-state index in [0.717, 1.165) is 17.0 Å². The van der Waals surface area contributed by atoms with Gasteiger partial charge in [0.15, 0.2) is 0 Å². The number of allylic oxidation sites excluding steroid dienone is 2. The van der Waals surface area contributed by atoms with Crippen LogP contribution >= 0.6 is 0 Å². The summed E-state index contributed by atoms with van der Waals surface area (Å²) in [6, 6.07) is 14.7. The van der Waals surface area contributed by atoms with Gasteiger partial charge in [-0.1, -0.05) is 36.4 Å². The van der Waals surface area contributed by atoms with Crippen molar-refractivity contribution in [3.05, 3.63) is 65.2 Å². The highest BCUT2D eigenvalue weighted by Gasteiger charge is 2.11. The van der Waals surface area contributed by atoms with Gasteiger partial charge in [-0.15, -0.1) is 0 Å². The lowest BCUT2D eigenvalue weighted by Crippen LogP contribution is -2.08. The number of anilines is 1. The van der Waals surface area contributed by atoms with Crippen LogP contribution in [0.1, 0.15) is 16.7 Å². The normalized spacial score (nSPS) is 14.3. The van der Waals surface area contributed by atoms with E-state index in [4.69, 9.17) is 4.74 Å². The Morgan fingerprint density at radius 2 is 1.81 bits per heavy atom. The second-order valence-corrected chi connectivity index (χ2v) is 5.34. The van der Waals surface area contributed by atoms with E-state index in [1.807, 2.05) is 14.1 Å². The van der Waals surface area contributed by atoms with Gasteiger partial charge in [-0.25, -0.2) is 0 Å². The Labute approximate surface area is 126 Å². The summed E-state index contributed by atoms with van der Waals surface area (Å²) in [5.74, 6) is 0.895. The topological polar surface area (TPSA) is 12.5 Å². The minimum Gasteiger partial charge on any atom is -0.496 e. The van der Waals surface area contributed by atoms with E-state index in [1.54, 1.807) is 7.11 Å². The zero-order valence-electron chi connectivity index (χ0n) is 12.6. The van der Waals surface area contributed by atoms with E-state index in [-0.39, 0.29) is 0 Å². The Hall–Kier alpha value is -2.48. The molecule has 1 aliphatic carbocycles. The molecule has 0 spiro atoms. The molecule has 0 aromatic heterocycles. The Morgan fingerprint density at radius 3 is 2.57 bits per heavy atom. The van der Waals surface area contributed by atoms with E-state index < -0.39 is 0 Å². The fraction of sp³-hybridized carbons (Fsp3) is 0.158. The van der Waals surface area contributed by atoms with Gasteiger partial charge in [0.2, 0.25) is 0 Å². The van der Waals surface area contributed by atoms with E-state index in [2.05, 4.69) is 65.6 Å². The predicted octanol–water partition coefficient (Wildman–Crippen LogP) is 4.33. The van der Waals surface area contributed by atoms with Crippen molar-refractivity contribution in [3.8, 4) is 5.75 Å². The molecule has 1 aliphatic rings.